The first-order valence-corrected chi connectivity index (χ1v) is 7.73. The van der Waals surface area contributed by atoms with Crippen molar-refractivity contribution >= 4 is 17.3 Å². The quantitative estimate of drug-likeness (QED) is 0.755. The molecule has 0 radical (unpaired) electrons. The van der Waals surface area contributed by atoms with Gasteiger partial charge < -0.3 is 10.1 Å². The summed E-state index contributed by atoms with van der Waals surface area (Å²) in [5.41, 5.74) is 2.20. The second-order valence-electron chi connectivity index (χ2n) is 5.35. The first-order valence-electron chi connectivity index (χ1n) is 7.35. The van der Waals surface area contributed by atoms with Gasteiger partial charge in [0.2, 0.25) is 0 Å². The molecule has 1 N–H and O–H groups in total. The minimum absolute atomic E-state index is 0.212. The number of ether oxygens (including phenoxy) is 1. The number of rotatable bonds is 6. The molecule has 0 amide bonds. The number of benzene rings is 2. The zero-order valence-electron chi connectivity index (χ0n) is 12.8. The second kappa shape index (κ2) is 7.37. The molecule has 0 aliphatic heterocycles. The molecule has 0 saturated heterocycles. The normalized spacial score (nSPS) is 12.2. The van der Waals surface area contributed by atoms with Crippen LogP contribution in [0, 0.1) is 5.92 Å². The third kappa shape index (κ3) is 4.15. The highest BCUT2D eigenvalue weighted by Crippen LogP contribution is 2.33. The lowest BCUT2D eigenvalue weighted by molar-refractivity contribution is 0.341. The first kappa shape index (κ1) is 15.7. The second-order valence-corrected chi connectivity index (χ2v) is 5.79. The minimum atomic E-state index is 0.212. The Morgan fingerprint density at radius 1 is 1.10 bits per heavy atom. The lowest BCUT2D eigenvalue weighted by atomic mass is 9.95. The van der Waals surface area contributed by atoms with Gasteiger partial charge in [-0.25, -0.2) is 0 Å². The van der Waals surface area contributed by atoms with Crippen LogP contribution in [0.25, 0.3) is 0 Å². The predicted molar refractivity (Wildman–Crippen MR) is 90.3 cm³/mol. The van der Waals surface area contributed by atoms with Crippen LogP contribution in [-0.2, 0) is 0 Å². The molecule has 2 aromatic carbocycles. The molecule has 1 unspecified atom stereocenters. The van der Waals surface area contributed by atoms with E-state index in [0.29, 0.717) is 17.5 Å². The van der Waals surface area contributed by atoms with Crippen LogP contribution in [-0.4, -0.2) is 6.61 Å². The van der Waals surface area contributed by atoms with E-state index in [4.69, 9.17) is 16.3 Å². The predicted octanol–water partition coefficient (Wildman–Crippen LogP) is 5.55. The van der Waals surface area contributed by atoms with Crippen LogP contribution in [0.1, 0.15) is 32.4 Å². The highest BCUT2D eigenvalue weighted by Gasteiger charge is 2.17. The summed E-state index contributed by atoms with van der Waals surface area (Å²) in [6.45, 7) is 7.02. The zero-order chi connectivity index (χ0) is 15.2. The van der Waals surface area contributed by atoms with Crippen LogP contribution in [0.5, 0.6) is 5.75 Å². The molecule has 1 atom stereocenters. The third-order valence-electron chi connectivity index (χ3n) is 3.38. The lowest BCUT2D eigenvalue weighted by Gasteiger charge is -2.25. The Balaban J connectivity index is 2.31. The summed E-state index contributed by atoms with van der Waals surface area (Å²) >= 11 is 6.13. The molecule has 3 heteroatoms. The molecule has 112 valence electrons. The van der Waals surface area contributed by atoms with Gasteiger partial charge in [-0.3, -0.25) is 0 Å². The molecule has 0 fully saturated rings. The summed E-state index contributed by atoms with van der Waals surface area (Å²) in [7, 11) is 0. The van der Waals surface area contributed by atoms with Crippen molar-refractivity contribution < 1.29 is 4.74 Å². The summed E-state index contributed by atoms with van der Waals surface area (Å²) in [6.07, 6.45) is 0. The largest absolute Gasteiger partial charge is 0.492 e. The van der Waals surface area contributed by atoms with E-state index in [0.717, 1.165) is 11.4 Å². The molecule has 0 aromatic heterocycles. The standard InChI is InChI=1S/C18H22ClNO/c1-4-21-17-11-10-15(19)12-16(17)20-18(13(2)3)14-8-6-5-7-9-14/h5-13,18,20H,4H2,1-3H3. The van der Waals surface area contributed by atoms with Gasteiger partial charge in [-0.1, -0.05) is 55.8 Å². The molecule has 2 rings (SSSR count). The number of hydrogen-bond donors (Lipinski definition) is 1. The molecule has 0 spiro atoms. The Labute approximate surface area is 132 Å². The molecule has 0 aliphatic carbocycles. The van der Waals surface area contributed by atoms with Gasteiger partial charge in [-0.15, -0.1) is 0 Å². The fraction of sp³-hybridized carbons (Fsp3) is 0.333. The third-order valence-corrected chi connectivity index (χ3v) is 3.61. The Morgan fingerprint density at radius 2 is 1.81 bits per heavy atom. The average molecular weight is 304 g/mol. The van der Waals surface area contributed by atoms with Crippen molar-refractivity contribution in [1.29, 1.82) is 0 Å². The van der Waals surface area contributed by atoms with Crippen LogP contribution in [0.4, 0.5) is 5.69 Å². The van der Waals surface area contributed by atoms with Gasteiger partial charge in [0.15, 0.2) is 0 Å². The average Bonchev–Trinajstić information content (AvgIpc) is 2.48. The smallest absolute Gasteiger partial charge is 0.142 e. The topological polar surface area (TPSA) is 21.3 Å². The van der Waals surface area contributed by atoms with E-state index in [2.05, 4.69) is 43.4 Å². The molecule has 0 aliphatic rings. The summed E-state index contributed by atoms with van der Waals surface area (Å²) in [4.78, 5) is 0. The van der Waals surface area contributed by atoms with E-state index in [1.165, 1.54) is 5.56 Å². The van der Waals surface area contributed by atoms with Crippen molar-refractivity contribution in [2.24, 2.45) is 5.92 Å². The monoisotopic (exact) mass is 303 g/mol. The summed E-state index contributed by atoms with van der Waals surface area (Å²) in [6, 6.07) is 16.3. The van der Waals surface area contributed by atoms with Gasteiger partial charge in [0, 0.05) is 5.02 Å². The molecular formula is C18H22ClNO. The van der Waals surface area contributed by atoms with Crippen LogP contribution >= 0.6 is 11.6 Å². The van der Waals surface area contributed by atoms with Crippen molar-refractivity contribution in [1.82, 2.24) is 0 Å². The molecular weight excluding hydrogens is 282 g/mol. The van der Waals surface area contributed by atoms with Crippen LogP contribution < -0.4 is 10.1 Å². The molecule has 21 heavy (non-hydrogen) atoms. The number of hydrogen-bond acceptors (Lipinski definition) is 2. The SMILES string of the molecule is CCOc1ccc(Cl)cc1NC(c1ccccc1)C(C)C. The summed E-state index contributed by atoms with van der Waals surface area (Å²) in [5.74, 6) is 1.28. The minimum Gasteiger partial charge on any atom is -0.492 e. The maximum Gasteiger partial charge on any atom is 0.142 e. The Kier molecular flexibility index (Phi) is 5.51. The Hall–Kier alpha value is -1.67. The molecule has 2 nitrogen and oxygen atoms in total. The van der Waals surface area contributed by atoms with Crippen LogP contribution in [0.2, 0.25) is 5.02 Å². The van der Waals surface area contributed by atoms with Gasteiger partial charge in [0.25, 0.3) is 0 Å². The van der Waals surface area contributed by atoms with Crippen molar-refractivity contribution in [3.63, 3.8) is 0 Å². The van der Waals surface area contributed by atoms with E-state index >= 15 is 0 Å². The summed E-state index contributed by atoms with van der Waals surface area (Å²) < 4.78 is 5.69. The molecule has 2 aromatic rings. The molecule has 0 saturated carbocycles. The lowest BCUT2D eigenvalue weighted by Crippen LogP contribution is -2.17. The Bertz CT molecular complexity index is 569. The molecule has 0 bridgehead atoms. The first-order chi connectivity index (χ1) is 10.1. The van der Waals surface area contributed by atoms with Gasteiger partial charge in [0.05, 0.1) is 18.3 Å². The van der Waals surface area contributed by atoms with Crippen molar-refractivity contribution in [3.8, 4) is 5.75 Å². The number of anilines is 1. The van der Waals surface area contributed by atoms with Gasteiger partial charge in [-0.2, -0.15) is 0 Å². The Morgan fingerprint density at radius 3 is 2.43 bits per heavy atom. The van der Waals surface area contributed by atoms with Crippen LogP contribution in [0.15, 0.2) is 48.5 Å². The fourth-order valence-corrected chi connectivity index (χ4v) is 2.53. The molecule has 0 heterocycles. The van der Waals surface area contributed by atoms with E-state index in [1.807, 2.05) is 31.2 Å². The summed E-state index contributed by atoms with van der Waals surface area (Å²) in [5, 5.41) is 4.28. The van der Waals surface area contributed by atoms with Crippen molar-refractivity contribution in [2.45, 2.75) is 26.8 Å². The highest BCUT2D eigenvalue weighted by atomic mass is 35.5. The number of halogens is 1. The maximum absolute atomic E-state index is 6.13. The van der Waals surface area contributed by atoms with E-state index in [-0.39, 0.29) is 6.04 Å². The van der Waals surface area contributed by atoms with Crippen LogP contribution in [0.3, 0.4) is 0 Å². The number of nitrogens with one attached hydrogen (secondary N) is 1. The van der Waals surface area contributed by atoms with Crippen molar-refractivity contribution in [3.05, 3.63) is 59.1 Å². The fourth-order valence-electron chi connectivity index (χ4n) is 2.36. The maximum atomic E-state index is 6.13. The van der Waals surface area contributed by atoms with Gasteiger partial charge >= 0.3 is 0 Å². The zero-order valence-corrected chi connectivity index (χ0v) is 13.5. The van der Waals surface area contributed by atoms with Gasteiger partial charge in [-0.05, 0) is 36.6 Å². The van der Waals surface area contributed by atoms with Crippen molar-refractivity contribution in [2.75, 3.05) is 11.9 Å². The van der Waals surface area contributed by atoms with E-state index < -0.39 is 0 Å². The van der Waals surface area contributed by atoms with E-state index in [9.17, 15) is 0 Å². The van der Waals surface area contributed by atoms with E-state index in [1.54, 1.807) is 0 Å². The highest BCUT2D eigenvalue weighted by molar-refractivity contribution is 6.30. The van der Waals surface area contributed by atoms with Gasteiger partial charge in [0.1, 0.15) is 5.75 Å².